The van der Waals surface area contributed by atoms with Gasteiger partial charge in [-0.05, 0) is 47.1 Å². The summed E-state index contributed by atoms with van der Waals surface area (Å²) in [6.45, 7) is 10.2. The van der Waals surface area contributed by atoms with Crippen LogP contribution in [0.15, 0.2) is 0 Å². The number of hydrogen-bond donors (Lipinski definition) is 1. The maximum atomic E-state index is 11.7. The van der Waals surface area contributed by atoms with Gasteiger partial charge in [-0.15, -0.1) is 5.92 Å². The van der Waals surface area contributed by atoms with E-state index in [9.17, 15) is 4.79 Å². The fraction of sp³-hybridized carbons (Fsp3) is 0.786. The molecule has 1 aliphatic heterocycles. The first-order valence-electron chi connectivity index (χ1n) is 6.52. The van der Waals surface area contributed by atoms with Gasteiger partial charge in [0.25, 0.3) is 0 Å². The van der Waals surface area contributed by atoms with Crippen molar-refractivity contribution in [2.24, 2.45) is 0 Å². The largest absolute Gasteiger partial charge is 0.444 e. The lowest BCUT2D eigenvalue weighted by atomic mass is 10.1. The van der Waals surface area contributed by atoms with Crippen LogP contribution < -0.4 is 5.32 Å². The van der Waals surface area contributed by atoms with Crippen molar-refractivity contribution < 1.29 is 9.53 Å². The summed E-state index contributed by atoms with van der Waals surface area (Å²) in [7, 11) is 0. The first-order valence-corrected chi connectivity index (χ1v) is 6.52. The highest BCUT2D eigenvalue weighted by molar-refractivity contribution is 5.68. The zero-order valence-electron chi connectivity index (χ0n) is 11.9. The van der Waals surface area contributed by atoms with Gasteiger partial charge in [-0.3, -0.25) is 4.90 Å². The molecular formula is C14H24N2O2. The number of carbonyl (C=O) groups is 1. The number of alkyl carbamates (subject to hydrolysis) is 1. The minimum Gasteiger partial charge on any atom is -0.444 e. The Bertz CT molecular complexity index is 336. The predicted molar refractivity (Wildman–Crippen MR) is 72.3 cm³/mol. The fourth-order valence-corrected chi connectivity index (χ4v) is 1.98. The lowest BCUT2D eigenvalue weighted by Crippen LogP contribution is -2.48. The summed E-state index contributed by atoms with van der Waals surface area (Å²) in [5.41, 5.74) is -0.438. The van der Waals surface area contributed by atoms with Gasteiger partial charge in [-0.1, -0.05) is 5.92 Å². The van der Waals surface area contributed by atoms with E-state index in [1.54, 1.807) is 0 Å². The number of amides is 1. The van der Waals surface area contributed by atoms with Crippen molar-refractivity contribution in [1.82, 2.24) is 10.2 Å². The molecule has 1 saturated heterocycles. The molecule has 0 spiro atoms. The zero-order chi connectivity index (χ0) is 13.6. The predicted octanol–water partition coefficient (Wildman–Crippen LogP) is 2.00. The SMILES string of the molecule is CC#CCN1CCCC(NC(=O)OC(C)(C)C)C1. The minimum absolute atomic E-state index is 0.173. The molecule has 4 nitrogen and oxygen atoms in total. The van der Waals surface area contributed by atoms with E-state index in [1.807, 2.05) is 27.7 Å². The van der Waals surface area contributed by atoms with Crippen LogP contribution in [0, 0.1) is 11.8 Å². The summed E-state index contributed by atoms with van der Waals surface area (Å²) >= 11 is 0. The molecule has 18 heavy (non-hydrogen) atoms. The molecule has 0 aromatic carbocycles. The molecule has 1 unspecified atom stereocenters. The molecular weight excluding hydrogens is 228 g/mol. The van der Waals surface area contributed by atoms with E-state index >= 15 is 0 Å². The molecule has 1 aliphatic rings. The molecule has 0 aromatic rings. The Morgan fingerprint density at radius 2 is 2.22 bits per heavy atom. The van der Waals surface area contributed by atoms with Gasteiger partial charge in [0.05, 0.1) is 6.54 Å². The number of hydrogen-bond acceptors (Lipinski definition) is 3. The Balaban J connectivity index is 2.37. The number of piperidine rings is 1. The van der Waals surface area contributed by atoms with E-state index in [4.69, 9.17) is 4.74 Å². The highest BCUT2D eigenvalue weighted by Gasteiger charge is 2.23. The standard InChI is InChI=1S/C14H24N2O2/c1-5-6-9-16-10-7-8-12(11-16)15-13(17)18-14(2,3)4/h12H,7-11H2,1-4H3,(H,15,17). The van der Waals surface area contributed by atoms with E-state index in [0.29, 0.717) is 0 Å². The fourth-order valence-electron chi connectivity index (χ4n) is 1.98. The number of nitrogens with zero attached hydrogens (tertiary/aromatic N) is 1. The quantitative estimate of drug-likeness (QED) is 0.764. The summed E-state index contributed by atoms with van der Waals surface area (Å²) in [6.07, 6.45) is 1.78. The average molecular weight is 252 g/mol. The van der Waals surface area contributed by atoms with Gasteiger partial charge in [0.15, 0.2) is 0 Å². The molecule has 1 fully saturated rings. The van der Waals surface area contributed by atoms with Crippen LogP contribution >= 0.6 is 0 Å². The van der Waals surface area contributed by atoms with Crippen LogP contribution in [-0.2, 0) is 4.74 Å². The average Bonchev–Trinajstić information content (AvgIpc) is 2.24. The highest BCUT2D eigenvalue weighted by atomic mass is 16.6. The van der Waals surface area contributed by atoms with Crippen molar-refractivity contribution in [3.05, 3.63) is 0 Å². The van der Waals surface area contributed by atoms with Gasteiger partial charge in [0, 0.05) is 12.6 Å². The van der Waals surface area contributed by atoms with E-state index in [2.05, 4.69) is 22.1 Å². The van der Waals surface area contributed by atoms with Crippen molar-refractivity contribution in [2.75, 3.05) is 19.6 Å². The third kappa shape index (κ3) is 5.92. The lowest BCUT2D eigenvalue weighted by Gasteiger charge is -2.32. The second-order valence-electron chi connectivity index (χ2n) is 5.65. The van der Waals surface area contributed by atoms with Gasteiger partial charge in [0.2, 0.25) is 0 Å². The van der Waals surface area contributed by atoms with Crippen molar-refractivity contribution in [2.45, 2.75) is 52.2 Å². The Morgan fingerprint density at radius 1 is 1.50 bits per heavy atom. The van der Waals surface area contributed by atoms with Gasteiger partial charge < -0.3 is 10.1 Å². The Hall–Kier alpha value is -1.21. The van der Waals surface area contributed by atoms with Crippen LogP contribution in [0.3, 0.4) is 0 Å². The summed E-state index contributed by atoms with van der Waals surface area (Å²) in [5, 5.41) is 2.93. The van der Waals surface area contributed by atoms with Crippen LogP contribution in [0.4, 0.5) is 4.79 Å². The summed E-state index contributed by atoms with van der Waals surface area (Å²) in [6, 6.07) is 0.173. The Morgan fingerprint density at radius 3 is 2.83 bits per heavy atom. The van der Waals surface area contributed by atoms with E-state index in [0.717, 1.165) is 32.5 Å². The monoisotopic (exact) mass is 252 g/mol. The van der Waals surface area contributed by atoms with E-state index in [1.165, 1.54) is 0 Å². The molecule has 0 bridgehead atoms. The third-order valence-corrected chi connectivity index (χ3v) is 2.71. The molecule has 0 aromatic heterocycles. The maximum absolute atomic E-state index is 11.7. The number of rotatable bonds is 2. The molecule has 1 atom stereocenters. The molecule has 1 rings (SSSR count). The summed E-state index contributed by atoms with van der Waals surface area (Å²) in [5.74, 6) is 5.96. The molecule has 0 aliphatic carbocycles. The molecule has 0 radical (unpaired) electrons. The highest BCUT2D eigenvalue weighted by Crippen LogP contribution is 2.11. The van der Waals surface area contributed by atoms with E-state index < -0.39 is 5.60 Å². The van der Waals surface area contributed by atoms with Crippen LogP contribution in [0.25, 0.3) is 0 Å². The van der Waals surface area contributed by atoms with Gasteiger partial charge in [0.1, 0.15) is 5.60 Å². The Kier molecular flexibility index (Phi) is 5.49. The smallest absolute Gasteiger partial charge is 0.407 e. The first-order chi connectivity index (χ1) is 8.40. The molecule has 1 amide bonds. The van der Waals surface area contributed by atoms with Crippen LogP contribution in [-0.4, -0.2) is 42.3 Å². The number of carbonyl (C=O) groups excluding carboxylic acids is 1. The first kappa shape index (κ1) is 14.8. The molecule has 1 N–H and O–H groups in total. The van der Waals surface area contributed by atoms with Crippen LogP contribution in [0.5, 0.6) is 0 Å². The van der Waals surface area contributed by atoms with Crippen molar-refractivity contribution in [1.29, 1.82) is 0 Å². The lowest BCUT2D eigenvalue weighted by molar-refractivity contribution is 0.0476. The Labute approximate surface area is 110 Å². The van der Waals surface area contributed by atoms with Crippen molar-refractivity contribution >= 4 is 6.09 Å². The third-order valence-electron chi connectivity index (χ3n) is 2.71. The second-order valence-corrected chi connectivity index (χ2v) is 5.65. The van der Waals surface area contributed by atoms with Gasteiger partial charge in [-0.2, -0.15) is 0 Å². The maximum Gasteiger partial charge on any atom is 0.407 e. The number of nitrogens with one attached hydrogen (secondary N) is 1. The molecule has 1 heterocycles. The van der Waals surface area contributed by atoms with Gasteiger partial charge >= 0.3 is 6.09 Å². The molecule has 0 saturated carbocycles. The minimum atomic E-state index is -0.438. The topological polar surface area (TPSA) is 41.6 Å². The second kappa shape index (κ2) is 6.65. The summed E-state index contributed by atoms with van der Waals surface area (Å²) in [4.78, 5) is 13.9. The van der Waals surface area contributed by atoms with E-state index in [-0.39, 0.29) is 12.1 Å². The number of likely N-dealkylation sites (tertiary alicyclic amines) is 1. The summed E-state index contributed by atoms with van der Waals surface area (Å²) < 4.78 is 5.26. The normalized spacial score (nSPS) is 20.8. The molecule has 4 heteroatoms. The van der Waals surface area contributed by atoms with Crippen LogP contribution in [0.1, 0.15) is 40.5 Å². The zero-order valence-corrected chi connectivity index (χ0v) is 11.9. The van der Waals surface area contributed by atoms with Gasteiger partial charge in [-0.25, -0.2) is 4.79 Å². The number of ether oxygens (including phenoxy) is 1. The van der Waals surface area contributed by atoms with Crippen molar-refractivity contribution in [3.63, 3.8) is 0 Å². The van der Waals surface area contributed by atoms with Crippen molar-refractivity contribution in [3.8, 4) is 11.8 Å². The van der Waals surface area contributed by atoms with Crippen LogP contribution in [0.2, 0.25) is 0 Å². The molecule has 102 valence electrons.